The third kappa shape index (κ3) is 2.47. The van der Waals surface area contributed by atoms with E-state index in [1.165, 1.54) is 0 Å². The first kappa shape index (κ1) is 12.0. The molecule has 0 saturated heterocycles. The van der Waals surface area contributed by atoms with E-state index in [0.29, 0.717) is 6.07 Å². The average Bonchev–Trinajstić information content (AvgIpc) is 1.99. The van der Waals surface area contributed by atoms with Crippen LogP contribution in [0.2, 0.25) is 5.15 Å². The summed E-state index contributed by atoms with van der Waals surface area (Å²) in [7, 11) is 0. The molecule has 2 nitrogen and oxygen atoms in total. The fraction of sp³-hybridized carbons (Fsp3) is 0.286. The number of rotatable bonds is 1. The first-order valence-electron chi connectivity index (χ1n) is 3.51. The summed E-state index contributed by atoms with van der Waals surface area (Å²) in [6.07, 6.45) is -8.59. The summed E-state index contributed by atoms with van der Waals surface area (Å²) in [5, 5.41) is -0.566. The Kier molecular flexibility index (Phi) is 3.03. The number of pyridine rings is 1. The van der Waals surface area contributed by atoms with Crippen LogP contribution < -0.4 is 5.43 Å². The number of aromatic nitrogens is 1. The van der Waals surface area contributed by atoms with Gasteiger partial charge in [-0.3, -0.25) is 4.79 Å². The quantitative estimate of drug-likeness (QED) is 0.601. The summed E-state index contributed by atoms with van der Waals surface area (Å²) in [5.41, 5.74) is -5.01. The van der Waals surface area contributed by atoms with Crippen molar-refractivity contribution in [2.75, 3.05) is 0 Å². The van der Waals surface area contributed by atoms with Crippen molar-refractivity contribution in [2.45, 2.75) is 12.6 Å². The maximum Gasteiger partial charge on any atom is 0.422 e. The van der Waals surface area contributed by atoms with Crippen molar-refractivity contribution in [2.24, 2.45) is 0 Å². The minimum Gasteiger partial charge on any atom is -0.344 e. The first-order valence-corrected chi connectivity index (χ1v) is 3.89. The van der Waals surface area contributed by atoms with E-state index < -0.39 is 34.4 Å². The van der Waals surface area contributed by atoms with Gasteiger partial charge in [0.15, 0.2) is 5.43 Å². The van der Waals surface area contributed by atoms with Gasteiger partial charge in [0.1, 0.15) is 10.7 Å². The predicted molar refractivity (Wildman–Crippen MR) is 42.0 cm³/mol. The lowest BCUT2D eigenvalue weighted by Gasteiger charge is -2.11. The monoisotopic (exact) mass is 247 g/mol. The molecule has 0 bridgehead atoms. The maximum absolute atomic E-state index is 12.2. The van der Waals surface area contributed by atoms with E-state index in [0.717, 1.165) is 0 Å². The Labute approximate surface area is 84.7 Å². The van der Waals surface area contributed by atoms with Crippen molar-refractivity contribution in [3.63, 3.8) is 0 Å². The van der Waals surface area contributed by atoms with Gasteiger partial charge >= 0.3 is 6.18 Å². The summed E-state index contributed by atoms with van der Waals surface area (Å²) in [4.78, 5) is 12.5. The summed E-state index contributed by atoms with van der Waals surface area (Å²) in [6.45, 7) is 0. The summed E-state index contributed by atoms with van der Waals surface area (Å²) >= 11 is 5.16. The topological polar surface area (TPSA) is 32.9 Å². The van der Waals surface area contributed by atoms with Gasteiger partial charge < -0.3 is 4.98 Å². The number of alkyl halides is 5. The molecular formula is C7H3ClF5NO. The van der Waals surface area contributed by atoms with Crippen LogP contribution in [0.15, 0.2) is 10.9 Å². The molecule has 1 rings (SSSR count). The molecule has 0 aromatic carbocycles. The van der Waals surface area contributed by atoms with Gasteiger partial charge in [0.25, 0.3) is 6.43 Å². The molecule has 0 atom stereocenters. The molecule has 0 spiro atoms. The molecule has 84 valence electrons. The molecule has 8 heteroatoms. The number of aromatic amines is 1. The fourth-order valence-electron chi connectivity index (χ4n) is 1.00. The second kappa shape index (κ2) is 3.80. The van der Waals surface area contributed by atoms with Crippen LogP contribution in [0.4, 0.5) is 22.0 Å². The third-order valence-electron chi connectivity index (χ3n) is 1.53. The van der Waals surface area contributed by atoms with Crippen LogP contribution in [0.25, 0.3) is 0 Å². The highest BCUT2D eigenvalue weighted by molar-refractivity contribution is 6.29. The molecule has 0 amide bonds. The van der Waals surface area contributed by atoms with E-state index >= 15 is 0 Å². The SMILES string of the molecule is O=c1cc(Cl)[nH]c(C(F)F)c1C(F)(F)F. The first-order chi connectivity index (χ1) is 6.73. The molecule has 0 aliphatic heterocycles. The molecule has 1 N–H and O–H groups in total. The van der Waals surface area contributed by atoms with Crippen LogP contribution in [0.3, 0.4) is 0 Å². The lowest BCUT2D eigenvalue weighted by molar-refractivity contribution is -0.140. The van der Waals surface area contributed by atoms with Crippen molar-refractivity contribution in [3.8, 4) is 0 Å². The van der Waals surface area contributed by atoms with Crippen LogP contribution in [-0.2, 0) is 6.18 Å². The molecule has 0 aliphatic carbocycles. The zero-order valence-corrected chi connectivity index (χ0v) is 7.59. The second-order valence-electron chi connectivity index (χ2n) is 2.57. The van der Waals surface area contributed by atoms with Crippen molar-refractivity contribution >= 4 is 11.6 Å². The van der Waals surface area contributed by atoms with E-state index in [2.05, 4.69) is 0 Å². The van der Waals surface area contributed by atoms with Crippen molar-refractivity contribution in [1.82, 2.24) is 4.98 Å². The van der Waals surface area contributed by atoms with E-state index in [1.807, 2.05) is 0 Å². The average molecular weight is 248 g/mol. The Bertz CT molecular complexity index is 424. The standard InChI is InChI=1S/C7H3ClF5NO/c8-3-1-2(15)4(7(11,12)13)5(14-3)6(9)10/h1,6H,(H,14,15). The van der Waals surface area contributed by atoms with Gasteiger partial charge in [-0.2, -0.15) is 13.2 Å². The van der Waals surface area contributed by atoms with Crippen molar-refractivity contribution < 1.29 is 22.0 Å². The highest BCUT2D eigenvalue weighted by atomic mass is 35.5. The van der Waals surface area contributed by atoms with Crippen LogP contribution >= 0.6 is 11.6 Å². The second-order valence-corrected chi connectivity index (χ2v) is 2.98. The Morgan fingerprint density at radius 1 is 1.33 bits per heavy atom. The third-order valence-corrected chi connectivity index (χ3v) is 1.73. The van der Waals surface area contributed by atoms with Crippen LogP contribution in [-0.4, -0.2) is 4.98 Å². The molecule has 15 heavy (non-hydrogen) atoms. The van der Waals surface area contributed by atoms with Gasteiger partial charge in [0.05, 0.1) is 5.69 Å². The summed E-state index contributed by atoms with van der Waals surface area (Å²) in [6, 6.07) is 0.399. The Morgan fingerprint density at radius 3 is 2.27 bits per heavy atom. The molecule has 1 heterocycles. The molecule has 0 aliphatic rings. The van der Waals surface area contributed by atoms with Crippen molar-refractivity contribution in [3.05, 3.63) is 32.7 Å². The molecule has 0 saturated carbocycles. The van der Waals surface area contributed by atoms with Gasteiger partial charge in [-0.15, -0.1) is 0 Å². The lowest BCUT2D eigenvalue weighted by atomic mass is 10.2. The number of halogens is 6. The molecule has 0 unspecified atom stereocenters. The van der Waals surface area contributed by atoms with Gasteiger partial charge in [-0.25, -0.2) is 8.78 Å². The molecular weight excluding hydrogens is 245 g/mol. The summed E-state index contributed by atoms with van der Waals surface area (Å²) in [5.74, 6) is 0. The Hall–Kier alpha value is -1.11. The van der Waals surface area contributed by atoms with Gasteiger partial charge in [-0.05, 0) is 0 Å². The lowest BCUT2D eigenvalue weighted by Crippen LogP contribution is -2.23. The predicted octanol–water partition coefficient (Wildman–Crippen LogP) is 2.98. The minimum absolute atomic E-state index is 0.399. The van der Waals surface area contributed by atoms with E-state index in [4.69, 9.17) is 11.6 Å². The van der Waals surface area contributed by atoms with Gasteiger partial charge in [-0.1, -0.05) is 11.6 Å². The van der Waals surface area contributed by atoms with Gasteiger partial charge in [0, 0.05) is 6.07 Å². The molecule has 1 aromatic rings. The molecule has 0 radical (unpaired) electrons. The zero-order valence-electron chi connectivity index (χ0n) is 6.83. The Morgan fingerprint density at radius 2 is 1.87 bits per heavy atom. The number of hydrogen-bond donors (Lipinski definition) is 1. The van der Waals surface area contributed by atoms with Gasteiger partial charge in [0.2, 0.25) is 0 Å². The van der Waals surface area contributed by atoms with Crippen molar-refractivity contribution in [1.29, 1.82) is 0 Å². The minimum atomic E-state index is -5.13. The highest BCUT2D eigenvalue weighted by Gasteiger charge is 2.39. The Balaban J connectivity index is 3.55. The maximum atomic E-state index is 12.2. The zero-order chi connectivity index (χ0) is 11.8. The highest BCUT2D eigenvalue weighted by Crippen LogP contribution is 2.33. The number of hydrogen-bond acceptors (Lipinski definition) is 1. The summed E-state index contributed by atoms with van der Waals surface area (Å²) < 4.78 is 61.0. The van der Waals surface area contributed by atoms with Crippen LogP contribution in [0, 0.1) is 0 Å². The largest absolute Gasteiger partial charge is 0.422 e. The van der Waals surface area contributed by atoms with E-state index in [1.54, 1.807) is 4.98 Å². The fourth-order valence-corrected chi connectivity index (χ4v) is 1.20. The normalized spacial score (nSPS) is 12.2. The van der Waals surface area contributed by atoms with E-state index in [-0.39, 0.29) is 0 Å². The van der Waals surface area contributed by atoms with E-state index in [9.17, 15) is 26.7 Å². The van der Waals surface area contributed by atoms with Crippen LogP contribution in [0.5, 0.6) is 0 Å². The molecule has 0 fully saturated rings. The number of nitrogens with one attached hydrogen (secondary N) is 1. The molecule has 1 aromatic heterocycles. The number of H-pyrrole nitrogens is 1. The smallest absolute Gasteiger partial charge is 0.344 e. The van der Waals surface area contributed by atoms with Crippen LogP contribution in [0.1, 0.15) is 17.7 Å².